The molecule has 0 amide bonds. The molecule has 0 aromatic carbocycles. The van der Waals surface area contributed by atoms with Crippen LogP contribution in [0.5, 0.6) is 0 Å². The van der Waals surface area contributed by atoms with E-state index in [2.05, 4.69) is 5.32 Å². The number of carbonyl (C=O) groups is 1. The quantitative estimate of drug-likeness (QED) is 0.417. The van der Waals surface area contributed by atoms with Gasteiger partial charge in [-0.3, -0.25) is 0 Å². The van der Waals surface area contributed by atoms with Gasteiger partial charge in [-0.05, 0) is 26.3 Å². The topological polar surface area (TPSA) is 60.1 Å². The number of methoxy groups -OCH3 is 1. The van der Waals surface area contributed by atoms with Gasteiger partial charge in [-0.15, -0.1) is 0 Å². The zero-order valence-corrected chi connectivity index (χ0v) is 9.49. The van der Waals surface area contributed by atoms with E-state index in [4.69, 9.17) is 14.2 Å². The van der Waals surface area contributed by atoms with Crippen LogP contribution in [0.25, 0.3) is 0 Å². The average Bonchev–Trinajstić information content (AvgIpc) is 2.92. The van der Waals surface area contributed by atoms with Crippen molar-refractivity contribution >= 4 is 5.97 Å². The van der Waals surface area contributed by atoms with E-state index in [9.17, 15) is 4.79 Å². The number of carbonyl (C=O) groups excluding carboxylic acids is 1. The van der Waals surface area contributed by atoms with Crippen molar-refractivity contribution in [2.45, 2.75) is 33.3 Å². The van der Waals surface area contributed by atoms with Crippen molar-refractivity contribution in [2.24, 2.45) is 0 Å². The van der Waals surface area contributed by atoms with Gasteiger partial charge >= 0.3 is 5.97 Å². The summed E-state index contributed by atoms with van der Waals surface area (Å²) in [5.41, 5.74) is 1.31. The molecule has 15 heavy (non-hydrogen) atoms. The van der Waals surface area contributed by atoms with Crippen LogP contribution in [-0.4, -0.2) is 32.2 Å². The molecule has 1 aliphatic heterocycles. The van der Waals surface area contributed by atoms with Crippen LogP contribution in [0, 0.1) is 0 Å². The lowest BCUT2D eigenvalue weighted by Gasteiger charge is -2.09. The van der Waals surface area contributed by atoms with Crippen LogP contribution >= 0.6 is 0 Å². The molecule has 2 atom stereocenters. The third kappa shape index (κ3) is 3.21. The molecule has 2 unspecified atom stereocenters. The molecule has 1 aliphatic rings. The third-order valence-electron chi connectivity index (χ3n) is 1.95. The van der Waals surface area contributed by atoms with Gasteiger partial charge in [-0.25, -0.2) is 4.79 Å². The standard InChI is InChI=1S/C10H17NO4/c1-5-14-9(12)7(6(2)3)11-8-10(13-4)15-8/h8,10-11H,5H2,1-4H3. The van der Waals surface area contributed by atoms with Crippen molar-refractivity contribution < 1.29 is 19.0 Å². The van der Waals surface area contributed by atoms with Crippen LogP contribution < -0.4 is 5.32 Å². The first-order valence-electron chi connectivity index (χ1n) is 4.89. The maximum atomic E-state index is 11.5. The zero-order valence-electron chi connectivity index (χ0n) is 9.49. The molecule has 0 bridgehead atoms. The Balaban J connectivity index is 2.54. The van der Waals surface area contributed by atoms with Gasteiger partial charge in [0.15, 0.2) is 6.23 Å². The highest BCUT2D eigenvalue weighted by atomic mass is 16.8. The van der Waals surface area contributed by atoms with Crippen LogP contribution in [0.4, 0.5) is 0 Å². The molecule has 86 valence electrons. The Kier molecular flexibility index (Phi) is 4.11. The van der Waals surface area contributed by atoms with Crippen molar-refractivity contribution in [3.05, 3.63) is 11.3 Å². The van der Waals surface area contributed by atoms with E-state index >= 15 is 0 Å². The monoisotopic (exact) mass is 215 g/mol. The normalized spacial score (nSPS) is 23.2. The fourth-order valence-electron chi connectivity index (χ4n) is 1.13. The Labute approximate surface area is 89.4 Å². The molecular weight excluding hydrogens is 198 g/mol. The summed E-state index contributed by atoms with van der Waals surface area (Å²) >= 11 is 0. The van der Waals surface area contributed by atoms with Crippen molar-refractivity contribution in [1.29, 1.82) is 0 Å². The van der Waals surface area contributed by atoms with Gasteiger partial charge in [0.25, 0.3) is 0 Å². The third-order valence-corrected chi connectivity index (χ3v) is 1.95. The highest BCUT2D eigenvalue weighted by Crippen LogP contribution is 2.21. The van der Waals surface area contributed by atoms with Crippen LogP contribution in [0.1, 0.15) is 20.8 Å². The predicted octanol–water partition coefficient (Wildman–Crippen LogP) is 0.762. The van der Waals surface area contributed by atoms with E-state index in [0.29, 0.717) is 12.3 Å². The molecule has 5 nitrogen and oxygen atoms in total. The second kappa shape index (κ2) is 5.14. The van der Waals surface area contributed by atoms with Gasteiger partial charge in [0.1, 0.15) is 5.70 Å². The van der Waals surface area contributed by atoms with E-state index in [1.807, 2.05) is 13.8 Å². The second-order valence-corrected chi connectivity index (χ2v) is 3.40. The number of hydrogen-bond acceptors (Lipinski definition) is 5. The molecule has 5 heteroatoms. The van der Waals surface area contributed by atoms with Gasteiger partial charge in [-0.1, -0.05) is 0 Å². The fourth-order valence-corrected chi connectivity index (χ4v) is 1.13. The number of epoxide rings is 1. The molecule has 1 rings (SSSR count). The highest BCUT2D eigenvalue weighted by Gasteiger charge is 2.40. The number of allylic oxidation sites excluding steroid dienone is 1. The minimum Gasteiger partial charge on any atom is -0.461 e. The van der Waals surface area contributed by atoms with Gasteiger partial charge < -0.3 is 19.5 Å². The Bertz CT molecular complexity index is 271. The van der Waals surface area contributed by atoms with Crippen LogP contribution in [0.2, 0.25) is 0 Å². The van der Waals surface area contributed by atoms with Gasteiger partial charge in [0.2, 0.25) is 6.29 Å². The number of ether oxygens (including phenoxy) is 3. The predicted molar refractivity (Wildman–Crippen MR) is 53.8 cm³/mol. The van der Waals surface area contributed by atoms with E-state index in [1.54, 1.807) is 14.0 Å². The summed E-state index contributed by atoms with van der Waals surface area (Å²) in [5.74, 6) is -0.358. The lowest BCUT2D eigenvalue weighted by atomic mass is 10.2. The molecule has 0 aromatic rings. The second-order valence-electron chi connectivity index (χ2n) is 3.40. The molecule has 0 aromatic heterocycles. The highest BCUT2D eigenvalue weighted by molar-refractivity contribution is 5.88. The molecule has 0 aliphatic carbocycles. The zero-order chi connectivity index (χ0) is 11.4. The Morgan fingerprint density at radius 3 is 2.53 bits per heavy atom. The molecular formula is C10H17NO4. The summed E-state index contributed by atoms with van der Waals surface area (Å²) < 4.78 is 14.9. The summed E-state index contributed by atoms with van der Waals surface area (Å²) in [5, 5.41) is 2.93. The van der Waals surface area contributed by atoms with Crippen LogP contribution in [0.3, 0.4) is 0 Å². The maximum Gasteiger partial charge on any atom is 0.354 e. The van der Waals surface area contributed by atoms with Crippen molar-refractivity contribution in [3.63, 3.8) is 0 Å². The number of nitrogens with one attached hydrogen (secondary N) is 1. The van der Waals surface area contributed by atoms with E-state index in [1.165, 1.54) is 0 Å². The first-order valence-corrected chi connectivity index (χ1v) is 4.89. The molecule has 1 N–H and O–H groups in total. The first-order chi connectivity index (χ1) is 7.10. The summed E-state index contributed by atoms with van der Waals surface area (Å²) in [7, 11) is 1.55. The Morgan fingerprint density at radius 2 is 2.13 bits per heavy atom. The van der Waals surface area contributed by atoms with Gasteiger partial charge in [-0.2, -0.15) is 0 Å². The molecule has 1 heterocycles. The molecule has 1 saturated heterocycles. The van der Waals surface area contributed by atoms with Crippen molar-refractivity contribution in [3.8, 4) is 0 Å². The van der Waals surface area contributed by atoms with Gasteiger partial charge in [0, 0.05) is 7.11 Å². The van der Waals surface area contributed by atoms with Crippen LogP contribution in [0.15, 0.2) is 11.3 Å². The maximum absolute atomic E-state index is 11.5. The number of hydrogen-bond donors (Lipinski definition) is 1. The molecule has 1 fully saturated rings. The minimum atomic E-state index is -0.358. The molecule has 0 spiro atoms. The number of rotatable bonds is 5. The summed E-state index contributed by atoms with van der Waals surface area (Å²) in [6, 6.07) is 0. The van der Waals surface area contributed by atoms with E-state index in [0.717, 1.165) is 5.57 Å². The minimum absolute atomic E-state index is 0.246. The van der Waals surface area contributed by atoms with E-state index < -0.39 is 0 Å². The largest absolute Gasteiger partial charge is 0.461 e. The Hall–Kier alpha value is -1.07. The molecule has 0 radical (unpaired) electrons. The smallest absolute Gasteiger partial charge is 0.354 e. The average molecular weight is 215 g/mol. The van der Waals surface area contributed by atoms with Crippen molar-refractivity contribution in [2.75, 3.05) is 13.7 Å². The lowest BCUT2D eigenvalue weighted by molar-refractivity contribution is -0.139. The lowest BCUT2D eigenvalue weighted by Crippen LogP contribution is -2.27. The fraction of sp³-hybridized carbons (Fsp3) is 0.700. The van der Waals surface area contributed by atoms with E-state index in [-0.39, 0.29) is 18.5 Å². The van der Waals surface area contributed by atoms with Crippen LogP contribution in [-0.2, 0) is 19.0 Å². The Morgan fingerprint density at radius 1 is 1.47 bits per heavy atom. The van der Waals surface area contributed by atoms with Crippen molar-refractivity contribution in [1.82, 2.24) is 5.32 Å². The number of esters is 1. The summed E-state index contributed by atoms with van der Waals surface area (Å²) in [6.45, 7) is 5.80. The first kappa shape index (κ1) is 12.0. The summed E-state index contributed by atoms with van der Waals surface area (Å²) in [4.78, 5) is 11.5. The van der Waals surface area contributed by atoms with Gasteiger partial charge in [0.05, 0.1) is 6.61 Å². The summed E-state index contributed by atoms with van der Waals surface area (Å²) in [6.07, 6.45) is -0.516. The SMILES string of the molecule is CCOC(=O)C(NC1OC1OC)=C(C)C. The molecule has 0 saturated carbocycles.